The van der Waals surface area contributed by atoms with E-state index in [0.29, 0.717) is 24.1 Å². The highest BCUT2D eigenvalue weighted by Crippen LogP contribution is 2.22. The van der Waals surface area contributed by atoms with E-state index in [2.05, 4.69) is 10.0 Å². The van der Waals surface area contributed by atoms with Crippen molar-refractivity contribution in [3.05, 3.63) is 59.4 Å². The van der Waals surface area contributed by atoms with E-state index in [0.717, 1.165) is 6.42 Å². The molecular weight excluding hydrogens is 371 g/mol. The molecule has 0 unspecified atom stereocenters. The molecule has 1 amide bonds. The first-order valence-corrected chi connectivity index (χ1v) is 10.1. The topological polar surface area (TPSA) is 95.5 Å². The largest absolute Gasteiger partial charge is 0.391 e. The van der Waals surface area contributed by atoms with E-state index in [-0.39, 0.29) is 16.3 Å². The van der Waals surface area contributed by atoms with Gasteiger partial charge in [0.15, 0.2) is 0 Å². The molecule has 144 valence electrons. The number of rotatable bonds is 5. The molecule has 0 bridgehead atoms. The molecule has 1 aliphatic carbocycles. The highest BCUT2D eigenvalue weighted by Gasteiger charge is 2.30. The zero-order chi connectivity index (χ0) is 19.6. The zero-order valence-corrected chi connectivity index (χ0v) is 15.6. The highest BCUT2D eigenvalue weighted by molar-refractivity contribution is 7.89. The Bertz CT molecular complexity index is 962. The van der Waals surface area contributed by atoms with Crippen molar-refractivity contribution in [3.63, 3.8) is 0 Å². The number of anilines is 1. The molecule has 2 aromatic rings. The van der Waals surface area contributed by atoms with Gasteiger partial charge in [-0.3, -0.25) is 4.79 Å². The normalized spacial score (nSPS) is 19.8. The lowest BCUT2D eigenvalue weighted by atomic mass is 10.2. The molecule has 0 aromatic heterocycles. The first-order valence-electron chi connectivity index (χ1n) is 8.64. The molecule has 0 saturated heterocycles. The second-order valence-corrected chi connectivity index (χ2v) is 8.39. The number of carbonyl (C=O) groups is 1. The lowest BCUT2D eigenvalue weighted by Crippen LogP contribution is -2.39. The van der Waals surface area contributed by atoms with Gasteiger partial charge < -0.3 is 10.4 Å². The summed E-state index contributed by atoms with van der Waals surface area (Å²) in [5, 5.41) is 12.5. The van der Waals surface area contributed by atoms with Crippen LogP contribution in [0.5, 0.6) is 0 Å². The number of halogens is 1. The zero-order valence-electron chi connectivity index (χ0n) is 14.8. The Hall–Kier alpha value is -2.29. The van der Waals surface area contributed by atoms with E-state index in [1.165, 1.54) is 42.5 Å². The van der Waals surface area contributed by atoms with Gasteiger partial charge >= 0.3 is 0 Å². The van der Waals surface area contributed by atoms with Crippen LogP contribution in [0.4, 0.5) is 10.1 Å². The molecule has 2 aromatic carbocycles. The van der Waals surface area contributed by atoms with E-state index >= 15 is 0 Å². The number of amides is 1. The van der Waals surface area contributed by atoms with Crippen molar-refractivity contribution in [3.8, 4) is 0 Å². The number of benzene rings is 2. The Labute approximate surface area is 157 Å². The molecule has 2 atom stereocenters. The lowest BCUT2D eigenvalue weighted by Gasteiger charge is -2.17. The van der Waals surface area contributed by atoms with Crippen LogP contribution in [0.15, 0.2) is 47.4 Å². The molecule has 0 aliphatic heterocycles. The van der Waals surface area contributed by atoms with Gasteiger partial charge in [0.25, 0.3) is 5.91 Å². The monoisotopic (exact) mass is 392 g/mol. The maximum atomic E-state index is 13.3. The quantitative estimate of drug-likeness (QED) is 0.729. The predicted octanol–water partition coefficient (Wildman–Crippen LogP) is 2.58. The van der Waals surface area contributed by atoms with Crippen molar-refractivity contribution in [2.45, 2.75) is 43.2 Å². The van der Waals surface area contributed by atoms with Gasteiger partial charge in [-0.2, -0.15) is 0 Å². The molecule has 0 radical (unpaired) electrons. The summed E-state index contributed by atoms with van der Waals surface area (Å²) >= 11 is 0. The molecule has 0 spiro atoms. The second-order valence-electron chi connectivity index (χ2n) is 6.67. The van der Waals surface area contributed by atoms with Gasteiger partial charge in [0.1, 0.15) is 5.82 Å². The molecule has 1 saturated carbocycles. The molecule has 3 N–H and O–H groups in total. The van der Waals surface area contributed by atoms with Gasteiger partial charge in [-0.25, -0.2) is 17.5 Å². The van der Waals surface area contributed by atoms with Crippen molar-refractivity contribution < 1.29 is 22.7 Å². The van der Waals surface area contributed by atoms with Gasteiger partial charge in [0.05, 0.1) is 11.0 Å². The van der Waals surface area contributed by atoms with Crippen LogP contribution in [-0.2, 0) is 10.0 Å². The van der Waals surface area contributed by atoms with Gasteiger partial charge in [-0.1, -0.05) is 6.07 Å². The first-order chi connectivity index (χ1) is 12.8. The van der Waals surface area contributed by atoms with Crippen molar-refractivity contribution in [1.82, 2.24) is 4.72 Å². The summed E-state index contributed by atoms with van der Waals surface area (Å²) in [5.41, 5.74) is 0.967. The van der Waals surface area contributed by atoms with Crippen LogP contribution in [0, 0.1) is 12.7 Å². The summed E-state index contributed by atoms with van der Waals surface area (Å²) in [6, 6.07) is 9.30. The lowest BCUT2D eigenvalue weighted by molar-refractivity contribution is 0.102. The third-order valence-corrected chi connectivity index (χ3v) is 6.10. The number of nitrogens with one attached hydrogen (secondary N) is 2. The number of aryl methyl sites for hydroxylation is 1. The third kappa shape index (κ3) is 4.52. The van der Waals surface area contributed by atoms with Crippen molar-refractivity contribution in [2.24, 2.45) is 0 Å². The van der Waals surface area contributed by atoms with Crippen molar-refractivity contribution >= 4 is 21.6 Å². The standard InChI is InChI=1S/C19H21FN2O4S/c1-12-10-14(8-9-16(12)20)21-19(24)13-4-2-5-15(11-13)27(25,26)22-17-6-3-7-18(17)23/h2,4-5,8-11,17-18,22-23H,3,6-7H2,1H3,(H,21,24)/t17-,18-/m1/s1. The molecule has 6 nitrogen and oxygen atoms in total. The van der Waals surface area contributed by atoms with Gasteiger partial charge in [-0.05, 0) is 68.1 Å². The fourth-order valence-corrected chi connectivity index (χ4v) is 4.42. The van der Waals surface area contributed by atoms with E-state index in [9.17, 15) is 22.7 Å². The molecule has 1 aliphatic rings. The van der Waals surface area contributed by atoms with Crippen LogP contribution in [0.1, 0.15) is 35.2 Å². The van der Waals surface area contributed by atoms with Crippen molar-refractivity contribution in [2.75, 3.05) is 5.32 Å². The van der Waals surface area contributed by atoms with E-state index in [1.807, 2.05) is 0 Å². The number of hydrogen-bond donors (Lipinski definition) is 3. The SMILES string of the molecule is Cc1cc(NC(=O)c2cccc(S(=O)(=O)N[C@@H]3CCC[C@H]3O)c2)ccc1F. The summed E-state index contributed by atoms with van der Waals surface area (Å²) in [5.74, 6) is -0.875. The predicted molar refractivity (Wildman–Crippen MR) is 99.5 cm³/mol. The first kappa shape index (κ1) is 19.5. The summed E-state index contributed by atoms with van der Waals surface area (Å²) in [4.78, 5) is 12.4. The van der Waals surface area contributed by atoms with E-state index < -0.39 is 28.1 Å². The maximum absolute atomic E-state index is 13.3. The van der Waals surface area contributed by atoms with Gasteiger partial charge in [0.2, 0.25) is 10.0 Å². The molecule has 27 heavy (non-hydrogen) atoms. The minimum Gasteiger partial charge on any atom is -0.391 e. The van der Waals surface area contributed by atoms with Crippen molar-refractivity contribution in [1.29, 1.82) is 0 Å². The highest BCUT2D eigenvalue weighted by atomic mass is 32.2. The second kappa shape index (κ2) is 7.75. The summed E-state index contributed by atoms with van der Waals surface area (Å²) in [6.07, 6.45) is 1.19. The fourth-order valence-electron chi connectivity index (χ4n) is 3.08. The molecule has 8 heteroatoms. The molecule has 3 rings (SSSR count). The van der Waals surface area contributed by atoms with Crippen LogP contribution in [0.2, 0.25) is 0 Å². The smallest absolute Gasteiger partial charge is 0.255 e. The fraction of sp³-hybridized carbons (Fsp3) is 0.316. The summed E-state index contributed by atoms with van der Waals surface area (Å²) < 4.78 is 40.9. The third-order valence-electron chi connectivity index (χ3n) is 4.61. The Morgan fingerprint density at radius 2 is 1.96 bits per heavy atom. The number of carbonyl (C=O) groups excluding carboxylic acids is 1. The maximum Gasteiger partial charge on any atom is 0.255 e. The summed E-state index contributed by atoms with van der Waals surface area (Å²) in [7, 11) is -3.86. The average Bonchev–Trinajstić information content (AvgIpc) is 3.02. The number of sulfonamides is 1. The number of hydrogen-bond acceptors (Lipinski definition) is 4. The Kier molecular flexibility index (Phi) is 5.59. The summed E-state index contributed by atoms with van der Waals surface area (Å²) in [6.45, 7) is 1.58. The Balaban J connectivity index is 1.77. The average molecular weight is 392 g/mol. The van der Waals surface area contributed by atoms with Gasteiger partial charge in [-0.15, -0.1) is 0 Å². The van der Waals surface area contributed by atoms with Crippen LogP contribution in [0.25, 0.3) is 0 Å². The number of aliphatic hydroxyl groups is 1. The Morgan fingerprint density at radius 3 is 2.63 bits per heavy atom. The number of aliphatic hydroxyl groups excluding tert-OH is 1. The van der Waals surface area contributed by atoms with Crippen LogP contribution >= 0.6 is 0 Å². The van der Waals surface area contributed by atoms with Crippen LogP contribution < -0.4 is 10.0 Å². The van der Waals surface area contributed by atoms with Crippen LogP contribution in [-0.4, -0.2) is 31.6 Å². The molecular formula is C19H21FN2O4S. The molecule has 1 fully saturated rings. The Morgan fingerprint density at radius 1 is 1.19 bits per heavy atom. The van der Waals surface area contributed by atoms with E-state index in [1.54, 1.807) is 6.92 Å². The molecule has 0 heterocycles. The minimum atomic E-state index is -3.86. The van der Waals surface area contributed by atoms with E-state index in [4.69, 9.17) is 0 Å². The minimum absolute atomic E-state index is 0.0514. The van der Waals surface area contributed by atoms with Gasteiger partial charge in [0, 0.05) is 17.3 Å². The van der Waals surface area contributed by atoms with Crippen LogP contribution in [0.3, 0.4) is 0 Å².